The topological polar surface area (TPSA) is 61.9 Å². The molecule has 0 amide bonds. The SMILES string of the molecule is CCN(C)C1/C(N(C)CC(C)(C)CC(C)=O)=C/C=C\C=C/C(C(C)C)=NC1N. The summed E-state index contributed by atoms with van der Waals surface area (Å²) in [6, 6.07) is -0.0481. The molecule has 0 aromatic rings. The third-order valence-corrected chi connectivity index (χ3v) is 5.08. The first-order valence-corrected chi connectivity index (χ1v) is 10.3. The second-order valence-corrected chi connectivity index (χ2v) is 8.95. The molecule has 1 rings (SSSR count). The van der Waals surface area contributed by atoms with Crippen LogP contribution in [0.3, 0.4) is 0 Å². The van der Waals surface area contributed by atoms with Crippen LogP contribution >= 0.6 is 0 Å². The van der Waals surface area contributed by atoms with Gasteiger partial charge >= 0.3 is 0 Å². The van der Waals surface area contributed by atoms with Crippen molar-refractivity contribution < 1.29 is 4.79 Å². The predicted octanol–water partition coefficient (Wildman–Crippen LogP) is 3.64. The van der Waals surface area contributed by atoms with Gasteiger partial charge in [-0.1, -0.05) is 52.8 Å². The summed E-state index contributed by atoms with van der Waals surface area (Å²) in [7, 11) is 4.17. The third kappa shape index (κ3) is 7.36. The van der Waals surface area contributed by atoms with Gasteiger partial charge in [-0.25, -0.2) is 0 Å². The van der Waals surface area contributed by atoms with Crippen molar-refractivity contribution in [3.63, 3.8) is 0 Å². The van der Waals surface area contributed by atoms with E-state index in [1.807, 2.05) is 18.2 Å². The summed E-state index contributed by atoms with van der Waals surface area (Å²) in [6.45, 7) is 14.0. The van der Waals surface area contributed by atoms with Crippen molar-refractivity contribution in [1.29, 1.82) is 0 Å². The Morgan fingerprint density at radius 3 is 2.43 bits per heavy atom. The number of Topliss-reactive ketones (excluding diaryl/α,β-unsaturated/α-hetero) is 1. The predicted molar refractivity (Wildman–Crippen MR) is 120 cm³/mol. The Bertz CT molecular complexity index is 643. The monoisotopic (exact) mass is 388 g/mol. The third-order valence-electron chi connectivity index (χ3n) is 5.08. The van der Waals surface area contributed by atoms with Crippen LogP contribution in [0.25, 0.3) is 0 Å². The first kappa shape index (κ1) is 24.3. The Labute approximate surface area is 172 Å². The van der Waals surface area contributed by atoms with Crippen LogP contribution in [0.1, 0.15) is 48.0 Å². The van der Waals surface area contributed by atoms with Gasteiger partial charge in [0, 0.05) is 31.4 Å². The number of hydrogen-bond acceptors (Lipinski definition) is 5. The van der Waals surface area contributed by atoms with Crippen LogP contribution in [0.2, 0.25) is 0 Å². The number of carbonyl (C=O) groups is 1. The number of ketones is 1. The maximum absolute atomic E-state index is 11.7. The van der Waals surface area contributed by atoms with Crippen molar-refractivity contribution in [3.8, 4) is 0 Å². The van der Waals surface area contributed by atoms with E-state index in [0.717, 1.165) is 24.5 Å². The molecule has 0 aromatic heterocycles. The van der Waals surface area contributed by atoms with E-state index in [0.29, 0.717) is 12.3 Å². The van der Waals surface area contributed by atoms with Gasteiger partial charge in [-0.15, -0.1) is 0 Å². The van der Waals surface area contributed by atoms with Crippen LogP contribution in [-0.4, -0.2) is 60.7 Å². The number of carbonyl (C=O) groups excluding carboxylic acids is 1. The smallest absolute Gasteiger partial charge is 0.130 e. The minimum Gasteiger partial charge on any atom is -0.376 e. The van der Waals surface area contributed by atoms with Crippen molar-refractivity contribution in [3.05, 3.63) is 36.1 Å². The van der Waals surface area contributed by atoms with E-state index >= 15 is 0 Å². The lowest BCUT2D eigenvalue weighted by molar-refractivity contribution is -0.119. The van der Waals surface area contributed by atoms with Crippen LogP contribution < -0.4 is 5.73 Å². The largest absolute Gasteiger partial charge is 0.376 e. The highest BCUT2D eigenvalue weighted by Crippen LogP contribution is 2.26. The van der Waals surface area contributed by atoms with Crippen LogP contribution in [0.4, 0.5) is 0 Å². The average Bonchev–Trinajstić information content (AvgIpc) is 2.56. The highest BCUT2D eigenvalue weighted by molar-refractivity contribution is 5.96. The zero-order valence-corrected chi connectivity index (χ0v) is 19.1. The van der Waals surface area contributed by atoms with Crippen molar-refractivity contribution in [2.45, 2.75) is 60.2 Å². The number of allylic oxidation sites excluding steroid dienone is 5. The lowest BCUT2D eigenvalue weighted by Crippen LogP contribution is -2.51. The molecule has 1 aliphatic heterocycles. The van der Waals surface area contributed by atoms with Crippen molar-refractivity contribution in [2.75, 3.05) is 27.2 Å². The van der Waals surface area contributed by atoms with Gasteiger partial charge in [0.25, 0.3) is 0 Å². The summed E-state index contributed by atoms with van der Waals surface area (Å²) in [6.07, 6.45) is 10.5. The molecule has 0 saturated heterocycles. The highest BCUT2D eigenvalue weighted by atomic mass is 16.1. The summed E-state index contributed by atoms with van der Waals surface area (Å²) >= 11 is 0. The minimum atomic E-state index is -0.372. The Balaban J connectivity index is 3.33. The zero-order chi connectivity index (χ0) is 21.5. The first-order chi connectivity index (χ1) is 13.0. The van der Waals surface area contributed by atoms with E-state index < -0.39 is 0 Å². The maximum Gasteiger partial charge on any atom is 0.130 e. The summed E-state index contributed by atoms with van der Waals surface area (Å²) in [4.78, 5) is 21.0. The molecule has 2 atom stereocenters. The van der Waals surface area contributed by atoms with Crippen molar-refractivity contribution in [1.82, 2.24) is 9.80 Å². The molecule has 0 fully saturated rings. The van der Waals surface area contributed by atoms with E-state index in [1.54, 1.807) is 6.92 Å². The number of likely N-dealkylation sites (N-methyl/N-ethyl adjacent to an activating group) is 2. The first-order valence-electron chi connectivity index (χ1n) is 10.3. The normalized spacial score (nSPS) is 25.1. The van der Waals surface area contributed by atoms with Gasteiger partial charge < -0.3 is 15.4 Å². The number of aliphatic imine (C=N–C) groups is 1. The molecule has 0 bridgehead atoms. The Hall–Kier alpha value is -1.72. The number of nitrogens with zero attached hydrogens (tertiary/aromatic N) is 3. The second-order valence-electron chi connectivity index (χ2n) is 8.95. The van der Waals surface area contributed by atoms with E-state index in [-0.39, 0.29) is 23.4 Å². The number of rotatable bonds is 8. The molecule has 2 unspecified atom stereocenters. The molecule has 1 heterocycles. The van der Waals surface area contributed by atoms with Gasteiger partial charge in [-0.3, -0.25) is 9.89 Å². The van der Waals surface area contributed by atoms with E-state index in [4.69, 9.17) is 10.7 Å². The van der Waals surface area contributed by atoms with Gasteiger partial charge in [0.05, 0.1) is 6.04 Å². The fourth-order valence-corrected chi connectivity index (χ4v) is 3.77. The molecule has 0 saturated carbocycles. The molecule has 158 valence electrons. The second kappa shape index (κ2) is 10.7. The molecule has 5 heteroatoms. The van der Waals surface area contributed by atoms with E-state index in [9.17, 15) is 4.79 Å². The van der Waals surface area contributed by atoms with Crippen molar-refractivity contribution >= 4 is 11.5 Å². The lowest BCUT2D eigenvalue weighted by Gasteiger charge is -2.40. The Morgan fingerprint density at radius 1 is 1.25 bits per heavy atom. The molecule has 0 spiro atoms. The summed E-state index contributed by atoms with van der Waals surface area (Å²) in [5.74, 6) is 0.524. The van der Waals surface area contributed by atoms with Gasteiger partial charge in [0.2, 0.25) is 0 Å². The van der Waals surface area contributed by atoms with Crippen LogP contribution in [0, 0.1) is 11.3 Å². The van der Waals surface area contributed by atoms with E-state index in [2.05, 4.69) is 70.7 Å². The number of nitrogens with two attached hydrogens (primary N) is 1. The summed E-state index contributed by atoms with van der Waals surface area (Å²) < 4.78 is 0. The van der Waals surface area contributed by atoms with Crippen LogP contribution in [-0.2, 0) is 4.79 Å². The fourth-order valence-electron chi connectivity index (χ4n) is 3.77. The van der Waals surface area contributed by atoms with E-state index in [1.165, 1.54) is 0 Å². The van der Waals surface area contributed by atoms with Crippen molar-refractivity contribution in [2.24, 2.45) is 22.1 Å². The molecule has 0 aliphatic carbocycles. The molecule has 0 radical (unpaired) electrons. The standard InChI is InChI=1S/C23H40N4O/c1-9-26(7)21-20(27(8)16-23(5,6)15-18(4)28)14-12-10-11-13-19(17(2)3)25-22(21)24/h10-14,17,21-22H,9,15-16,24H2,1-8H3/b12-10-,13-11-,20-14-,25-19?. The maximum atomic E-state index is 11.7. The summed E-state index contributed by atoms with van der Waals surface area (Å²) in [5, 5.41) is 0. The Kier molecular flexibility index (Phi) is 9.31. The van der Waals surface area contributed by atoms with Gasteiger partial charge in [0.1, 0.15) is 11.9 Å². The van der Waals surface area contributed by atoms with Crippen LogP contribution in [0.15, 0.2) is 41.1 Å². The molecule has 28 heavy (non-hydrogen) atoms. The molecule has 1 aliphatic rings. The molecular formula is C23H40N4O. The zero-order valence-electron chi connectivity index (χ0n) is 19.1. The van der Waals surface area contributed by atoms with Gasteiger partial charge in [0.15, 0.2) is 0 Å². The Morgan fingerprint density at radius 2 is 1.89 bits per heavy atom. The quantitative estimate of drug-likeness (QED) is 0.690. The molecular weight excluding hydrogens is 348 g/mol. The van der Waals surface area contributed by atoms with Gasteiger partial charge in [-0.05, 0) is 44.0 Å². The summed E-state index contributed by atoms with van der Waals surface area (Å²) in [5.41, 5.74) is 8.64. The number of hydrogen-bond donors (Lipinski definition) is 1. The molecule has 0 aromatic carbocycles. The highest BCUT2D eigenvalue weighted by Gasteiger charge is 2.31. The fraction of sp³-hybridized carbons (Fsp3) is 0.652. The van der Waals surface area contributed by atoms with Gasteiger partial charge in [-0.2, -0.15) is 0 Å². The average molecular weight is 389 g/mol. The molecule has 5 nitrogen and oxygen atoms in total. The van der Waals surface area contributed by atoms with Crippen LogP contribution in [0.5, 0.6) is 0 Å². The lowest BCUT2D eigenvalue weighted by atomic mass is 9.86. The molecule has 2 N–H and O–H groups in total. The minimum absolute atomic E-state index is 0.0481.